The molecule has 0 radical (unpaired) electrons. The Labute approximate surface area is 107 Å². The van der Waals surface area contributed by atoms with E-state index in [4.69, 9.17) is 15.2 Å². The maximum Gasteiger partial charge on any atom is 0.161 e. The number of amidine groups is 1. The number of fused-ring (bicyclic) bond motifs is 1. The van der Waals surface area contributed by atoms with E-state index in [-0.39, 0.29) is 5.54 Å². The lowest BCUT2D eigenvalue weighted by atomic mass is 9.85. The average Bonchev–Trinajstić information content (AvgIpc) is 2.38. The highest BCUT2D eigenvalue weighted by Gasteiger charge is 2.30. The number of hydrogen-bond donors (Lipinski definition) is 1. The number of rotatable bonds is 1. The zero-order valence-corrected chi connectivity index (χ0v) is 10.6. The number of nitrogens with zero attached hydrogens (tertiary/aromatic N) is 1. The minimum Gasteiger partial charge on any atom is -0.486 e. The second kappa shape index (κ2) is 4.19. The minimum atomic E-state index is -0.224. The number of ether oxygens (including phenoxy) is 2. The molecule has 1 atom stereocenters. The molecule has 0 bridgehead atoms. The summed E-state index contributed by atoms with van der Waals surface area (Å²) in [5, 5.41) is 0. The summed E-state index contributed by atoms with van der Waals surface area (Å²) in [6.45, 7) is 3.36. The van der Waals surface area contributed by atoms with E-state index in [2.05, 4.69) is 18.0 Å². The molecule has 0 saturated heterocycles. The Morgan fingerprint density at radius 1 is 1.22 bits per heavy atom. The fourth-order valence-electron chi connectivity index (χ4n) is 2.63. The van der Waals surface area contributed by atoms with Gasteiger partial charge in [-0.2, -0.15) is 0 Å². The highest BCUT2D eigenvalue weighted by molar-refractivity contribution is 5.81. The molecule has 2 aliphatic rings. The summed E-state index contributed by atoms with van der Waals surface area (Å²) in [6.07, 6.45) is 3.01. The summed E-state index contributed by atoms with van der Waals surface area (Å²) in [5.41, 5.74) is 6.80. The summed E-state index contributed by atoms with van der Waals surface area (Å²) in [4.78, 5) is 4.63. The summed E-state index contributed by atoms with van der Waals surface area (Å²) < 4.78 is 11.2. The first-order valence-electron chi connectivity index (χ1n) is 6.42. The van der Waals surface area contributed by atoms with Gasteiger partial charge >= 0.3 is 0 Å². The van der Waals surface area contributed by atoms with Gasteiger partial charge in [0.25, 0.3) is 0 Å². The monoisotopic (exact) mass is 246 g/mol. The van der Waals surface area contributed by atoms with Crippen molar-refractivity contribution in [2.45, 2.75) is 31.7 Å². The van der Waals surface area contributed by atoms with Gasteiger partial charge in [-0.1, -0.05) is 6.07 Å². The van der Waals surface area contributed by atoms with Crippen LogP contribution in [0.5, 0.6) is 11.5 Å². The molecule has 96 valence electrons. The lowest BCUT2D eigenvalue weighted by Gasteiger charge is -2.31. The van der Waals surface area contributed by atoms with Crippen molar-refractivity contribution in [2.24, 2.45) is 10.7 Å². The molecule has 18 heavy (non-hydrogen) atoms. The third-order valence-corrected chi connectivity index (χ3v) is 3.65. The van der Waals surface area contributed by atoms with Crippen molar-refractivity contribution >= 4 is 5.84 Å². The summed E-state index contributed by atoms with van der Waals surface area (Å²) in [5.74, 6) is 2.39. The average molecular weight is 246 g/mol. The van der Waals surface area contributed by atoms with Crippen LogP contribution >= 0.6 is 0 Å². The quantitative estimate of drug-likeness (QED) is 0.826. The Morgan fingerprint density at radius 2 is 2.00 bits per heavy atom. The fraction of sp³-hybridized carbons (Fsp3) is 0.500. The van der Waals surface area contributed by atoms with Crippen LogP contribution in [0.2, 0.25) is 0 Å². The van der Waals surface area contributed by atoms with Crippen LogP contribution in [-0.4, -0.2) is 19.0 Å². The lowest BCUT2D eigenvalue weighted by Crippen LogP contribution is -2.29. The van der Waals surface area contributed by atoms with Gasteiger partial charge < -0.3 is 15.2 Å². The zero-order chi connectivity index (χ0) is 12.6. The van der Waals surface area contributed by atoms with Crippen molar-refractivity contribution in [2.75, 3.05) is 13.2 Å². The third kappa shape index (κ3) is 1.92. The molecule has 0 amide bonds. The van der Waals surface area contributed by atoms with E-state index in [1.54, 1.807) is 0 Å². The van der Waals surface area contributed by atoms with E-state index < -0.39 is 0 Å². The Bertz CT molecular complexity index is 499. The van der Waals surface area contributed by atoms with Crippen LogP contribution in [0.15, 0.2) is 23.2 Å². The van der Waals surface area contributed by atoms with E-state index in [9.17, 15) is 0 Å². The molecular weight excluding hydrogens is 228 g/mol. The lowest BCUT2D eigenvalue weighted by molar-refractivity contribution is 0.171. The van der Waals surface area contributed by atoms with Gasteiger partial charge in [-0.05, 0) is 37.5 Å². The molecule has 2 heterocycles. The van der Waals surface area contributed by atoms with E-state index >= 15 is 0 Å². The van der Waals surface area contributed by atoms with Crippen molar-refractivity contribution < 1.29 is 9.47 Å². The van der Waals surface area contributed by atoms with E-state index in [0.29, 0.717) is 13.2 Å². The molecule has 1 unspecified atom stereocenters. The Hall–Kier alpha value is -1.71. The predicted molar refractivity (Wildman–Crippen MR) is 70.3 cm³/mol. The van der Waals surface area contributed by atoms with E-state index in [0.717, 1.165) is 42.2 Å². The van der Waals surface area contributed by atoms with Crippen molar-refractivity contribution in [3.05, 3.63) is 23.8 Å². The van der Waals surface area contributed by atoms with Crippen LogP contribution < -0.4 is 15.2 Å². The minimum absolute atomic E-state index is 0.224. The molecule has 0 aliphatic carbocycles. The van der Waals surface area contributed by atoms with Crippen molar-refractivity contribution in [3.8, 4) is 11.5 Å². The Morgan fingerprint density at radius 3 is 2.78 bits per heavy atom. The molecule has 0 fully saturated rings. The first-order valence-corrected chi connectivity index (χ1v) is 6.42. The maximum absolute atomic E-state index is 5.88. The molecule has 2 aliphatic heterocycles. The summed E-state index contributed by atoms with van der Waals surface area (Å²) >= 11 is 0. The number of nitrogens with two attached hydrogens (primary N) is 1. The van der Waals surface area contributed by atoms with Gasteiger partial charge in [0.1, 0.15) is 13.2 Å². The van der Waals surface area contributed by atoms with Crippen LogP contribution in [-0.2, 0) is 5.54 Å². The standard InChI is InChI=1S/C14H18N2O2/c1-14(6-2-3-13(15)16-14)10-4-5-11-12(9-10)18-8-7-17-11/h4-5,9H,2-3,6-8H2,1H3,(H2,15,16). The molecule has 4 heteroatoms. The topological polar surface area (TPSA) is 56.8 Å². The molecular formula is C14H18N2O2. The Kier molecular flexibility index (Phi) is 2.65. The van der Waals surface area contributed by atoms with Gasteiger partial charge in [-0.15, -0.1) is 0 Å². The third-order valence-electron chi connectivity index (χ3n) is 3.65. The second-order valence-corrected chi connectivity index (χ2v) is 5.09. The van der Waals surface area contributed by atoms with Crippen molar-refractivity contribution in [1.29, 1.82) is 0 Å². The van der Waals surface area contributed by atoms with Crippen LogP contribution in [0.3, 0.4) is 0 Å². The largest absolute Gasteiger partial charge is 0.486 e. The SMILES string of the molecule is CC1(c2ccc3c(c2)OCCO3)CCCC(N)=N1. The van der Waals surface area contributed by atoms with Crippen LogP contribution in [0.1, 0.15) is 31.7 Å². The molecule has 0 aromatic heterocycles. The van der Waals surface area contributed by atoms with Crippen LogP contribution in [0.25, 0.3) is 0 Å². The number of aliphatic imine (C=N–C) groups is 1. The smallest absolute Gasteiger partial charge is 0.161 e. The normalized spacial score (nSPS) is 26.6. The van der Waals surface area contributed by atoms with Gasteiger partial charge in [0.2, 0.25) is 0 Å². The first-order chi connectivity index (χ1) is 8.67. The van der Waals surface area contributed by atoms with Crippen LogP contribution in [0, 0.1) is 0 Å². The van der Waals surface area contributed by atoms with Gasteiger partial charge in [0.15, 0.2) is 11.5 Å². The van der Waals surface area contributed by atoms with Gasteiger partial charge in [-0.3, -0.25) is 4.99 Å². The number of benzene rings is 1. The van der Waals surface area contributed by atoms with Gasteiger partial charge in [0.05, 0.1) is 11.4 Å². The molecule has 1 aromatic rings. The highest BCUT2D eigenvalue weighted by Crippen LogP contribution is 2.39. The van der Waals surface area contributed by atoms with Gasteiger partial charge in [0, 0.05) is 6.42 Å². The van der Waals surface area contributed by atoms with Crippen molar-refractivity contribution in [3.63, 3.8) is 0 Å². The summed E-state index contributed by atoms with van der Waals surface area (Å²) in [6, 6.07) is 6.07. The predicted octanol–water partition coefficient (Wildman–Crippen LogP) is 2.21. The van der Waals surface area contributed by atoms with Gasteiger partial charge in [-0.25, -0.2) is 0 Å². The maximum atomic E-state index is 5.88. The molecule has 0 spiro atoms. The molecule has 3 rings (SSSR count). The molecule has 4 nitrogen and oxygen atoms in total. The molecule has 2 N–H and O–H groups in total. The van der Waals surface area contributed by atoms with Crippen LogP contribution in [0.4, 0.5) is 0 Å². The molecule has 1 aromatic carbocycles. The highest BCUT2D eigenvalue weighted by atomic mass is 16.6. The first kappa shape index (κ1) is 11.4. The number of hydrogen-bond acceptors (Lipinski definition) is 4. The van der Waals surface area contributed by atoms with E-state index in [1.807, 2.05) is 12.1 Å². The fourth-order valence-corrected chi connectivity index (χ4v) is 2.63. The van der Waals surface area contributed by atoms with Crippen molar-refractivity contribution in [1.82, 2.24) is 0 Å². The summed E-state index contributed by atoms with van der Waals surface area (Å²) in [7, 11) is 0. The Balaban J connectivity index is 1.99. The second-order valence-electron chi connectivity index (χ2n) is 5.09. The zero-order valence-electron chi connectivity index (χ0n) is 10.6. The molecule has 0 saturated carbocycles. The van der Waals surface area contributed by atoms with E-state index in [1.165, 1.54) is 0 Å².